The maximum absolute atomic E-state index is 13.1. The molecule has 0 saturated carbocycles. The molecule has 0 saturated heterocycles. The first-order valence-corrected chi connectivity index (χ1v) is 6.91. The molecule has 1 aromatic heterocycles. The van der Waals surface area contributed by atoms with E-state index in [-0.39, 0.29) is 15.6 Å². The van der Waals surface area contributed by atoms with Gasteiger partial charge in [0.15, 0.2) is 0 Å². The molecular formula is C13H11Cl2F4N3O. The van der Waals surface area contributed by atoms with Crippen LogP contribution in [-0.4, -0.2) is 33.9 Å². The van der Waals surface area contributed by atoms with Crippen LogP contribution in [0.1, 0.15) is 14.2 Å². The molecule has 4 nitrogen and oxygen atoms in total. The van der Waals surface area contributed by atoms with Crippen LogP contribution in [0.4, 0.5) is 17.6 Å². The summed E-state index contributed by atoms with van der Waals surface area (Å²) in [6, 6.07) is 3.93. The van der Waals surface area contributed by atoms with Gasteiger partial charge in [0.1, 0.15) is 12.7 Å². The van der Waals surface area contributed by atoms with Gasteiger partial charge in [0, 0.05) is 16.0 Å². The van der Waals surface area contributed by atoms with Gasteiger partial charge < -0.3 is 4.74 Å². The van der Waals surface area contributed by atoms with Gasteiger partial charge in [-0.1, -0.05) is 29.3 Å². The number of rotatable bonds is 7. The van der Waals surface area contributed by atoms with Crippen molar-refractivity contribution in [3.05, 3.63) is 46.5 Å². The first-order valence-electron chi connectivity index (χ1n) is 7.15. The van der Waals surface area contributed by atoms with Gasteiger partial charge in [0.2, 0.25) is 0 Å². The number of aromatic nitrogens is 3. The molecule has 0 aliphatic rings. The lowest BCUT2D eigenvalue weighted by atomic mass is 10.1. The fourth-order valence-corrected chi connectivity index (χ4v) is 2.21. The van der Waals surface area contributed by atoms with Crippen LogP contribution in [0.3, 0.4) is 0 Å². The maximum Gasteiger partial charge on any atom is 0.416 e. The third-order valence-electron chi connectivity index (χ3n) is 2.74. The van der Waals surface area contributed by atoms with Gasteiger partial charge in [-0.2, -0.15) is 13.9 Å². The summed E-state index contributed by atoms with van der Waals surface area (Å²) in [6.07, 6.45) is -6.75. The third-order valence-corrected chi connectivity index (χ3v) is 3.30. The Kier molecular flexibility index (Phi) is 4.92. The molecule has 1 heterocycles. The summed E-state index contributed by atoms with van der Waals surface area (Å²) in [4.78, 5) is 3.59. The van der Waals surface area contributed by atoms with E-state index in [0.29, 0.717) is 0 Å². The summed E-state index contributed by atoms with van der Waals surface area (Å²) >= 11 is 11.8. The molecule has 2 rings (SSSR count). The lowest BCUT2D eigenvalue weighted by Gasteiger charge is -2.22. The van der Waals surface area contributed by atoms with Crippen molar-refractivity contribution in [1.82, 2.24) is 14.8 Å². The van der Waals surface area contributed by atoms with Crippen LogP contribution in [0, 0.1) is 0 Å². The summed E-state index contributed by atoms with van der Waals surface area (Å²) in [5.41, 5.74) is 0.0385. The number of alkyl halides is 4. The molecule has 10 heteroatoms. The Balaban J connectivity index is 2.41. The molecule has 0 fully saturated rings. The topological polar surface area (TPSA) is 39.9 Å². The van der Waals surface area contributed by atoms with Crippen molar-refractivity contribution in [2.75, 3.05) is 6.61 Å². The van der Waals surface area contributed by atoms with Gasteiger partial charge in [0.05, 0.1) is 15.8 Å². The average molecular weight is 377 g/mol. The smallest absolute Gasteiger partial charge is 0.315 e. The molecule has 2 aromatic rings. The van der Waals surface area contributed by atoms with Crippen molar-refractivity contribution in [3.8, 4) is 0 Å². The highest BCUT2D eigenvalue weighted by Crippen LogP contribution is 2.32. The number of benzene rings is 1. The number of hydrogen-bond acceptors (Lipinski definition) is 3. The van der Waals surface area contributed by atoms with Crippen LogP contribution in [0.5, 0.6) is 0 Å². The van der Waals surface area contributed by atoms with E-state index < -0.39 is 31.6 Å². The molecule has 0 N–H and O–H groups in total. The van der Waals surface area contributed by atoms with Crippen LogP contribution in [0.25, 0.3) is 0 Å². The van der Waals surface area contributed by atoms with Crippen molar-refractivity contribution in [1.29, 1.82) is 0 Å². The first kappa shape index (κ1) is 15.2. The van der Waals surface area contributed by atoms with E-state index in [0.717, 1.165) is 17.3 Å². The van der Waals surface area contributed by atoms with Crippen LogP contribution >= 0.6 is 23.2 Å². The quantitative estimate of drug-likeness (QED) is 0.535. The molecule has 0 radical (unpaired) electrons. The van der Waals surface area contributed by atoms with Crippen molar-refractivity contribution in [3.63, 3.8) is 0 Å². The van der Waals surface area contributed by atoms with Crippen LogP contribution < -0.4 is 0 Å². The van der Waals surface area contributed by atoms with Crippen LogP contribution in [0.15, 0.2) is 30.9 Å². The Morgan fingerprint density at radius 1 is 1.35 bits per heavy atom. The number of ether oxygens (including phenoxy) is 1. The first-order chi connectivity index (χ1) is 11.6. The predicted octanol–water partition coefficient (Wildman–Crippen LogP) is 4.24. The maximum atomic E-state index is 13.1. The Hall–Kier alpha value is -1.38. The highest BCUT2D eigenvalue weighted by atomic mass is 35.5. The van der Waals surface area contributed by atoms with Crippen LogP contribution in [-0.2, 0) is 11.2 Å². The summed E-state index contributed by atoms with van der Waals surface area (Å²) in [6.45, 7) is -3.54. The molecule has 23 heavy (non-hydrogen) atoms. The van der Waals surface area contributed by atoms with Crippen LogP contribution in [0.2, 0.25) is 10.0 Å². The van der Waals surface area contributed by atoms with Crippen molar-refractivity contribution < 1.29 is 25.0 Å². The number of halogens is 6. The number of hydrogen-bond donors (Lipinski definition) is 0. The van der Waals surface area contributed by atoms with Crippen molar-refractivity contribution >= 4 is 23.2 Å². The zero-order chi connectivity index (χ0) is 18.8. The fourth-order valence-electron chi connectivity index (χ4n) is 1.67. The molecule has 1 aromatic carbocycles. The van der Waals surface area contributed by atoms with E-state index >= 15 is 0 Å². The van der Waals surface area contributed by atoms with Gasteiger partial charge in [-0.3, -0.25) is 4.68 Å². The highest BCUT2D eigenvalue weighted by Gasteiger charge is 2.43. The Labute approximate surface area is 141 Å². The minimum absolute atomic E-state index is 0.0366. The second kappa shape index (κ2) is 7.46. The van der Waals surface area contributed by atoms with Gasteiger partial charge in [-0.15, -0.1) is 0 Å². The van der Waals surface area contributed by atoms with E-state index in [9.17, 15) is 17.6 Å². The number of nitrogens with zero attached hydrogens (tertiary/aromatic N) is 3. The molecule has 0 aliphatic heterocycles. The van der Waals surface area contributed by atoms with E-state index in [1.165, 1.54) is 18.2 Å². The second-order valence-electron chi connectivity index (χ2n) is 4.36. The van der Waals surface area contributed by atoms with E-state index in [2.05, 4.69) is 14.8 Å². The zero-order valence-corrected chi connectivity index (χ0v) is 12.8. The summed E-state index contributed by atoms with van der Waals surface area (Å²) < 4.78 is 72.0. The lowest BCUT2D eigenvalue weighted by Crippen LogP contribution is -2.32. The molecule has 0 aliphatic carbocycles. The monoisotopic (exact) mass is 376 g/mol. The Morgan fingerprint density at radius 2 is 2.09 bits per heavy atom. The Morgan fingerprint density at radius 3 is 2.65 bits per heavy atom. The SMILES string of the molecule is [2H][13C]([2H])(C(COC(F)(F)C(F)F)c1ccc(Cl)cc1Cl)n1[13cH]n[13cH]n1. The highest BCUT2D eigenvalue weighted by molar-refractivity contribution is 6.35. The molecule has 1 unspecified atom stereocenters. The average Bonchev–Trinajstić information content (AvgIpc) is 3.04. The molecule has 0 bridgehead atoms. The second-order valence-corrected chi connectivity index (χ2v) is 5.20. The molecule has 0 spiro atoms. The van der Waals surface area contributed by atoms with Gasteiger partial charge in [-0.25, -0.2) is 13.8 Å². The summed E-state index contributed by atoms with van der Waals surface area (Å²) in [5.74, 6) is -1.50. The fraction of sp³-hybridized carbons (Fsp3) is 0.385. The normalized spacial score (nSPS) is 15.4. The summed E-state index contributed by atoms with van der Waals surface area (Å²) in [7, 11) is 0. The Bertz CT molecular complexity index is 719. The molecular weight excluding hydrogens is 364 g/mol. The minimum atomic E-state index is -4.74. The van der Waals surface area contributed by atoms with Gasteiger partial charge >= 0.3 is 12.5 Å². The standard InChI is InChI=1S/C13H11Cl2F4N3O/c14-9-1-2-10(11(15)3-9)8(4-22-7-20-6-21-22)5-23-13(18,19)12(16)17/h1-3,6-8,12H,4-5H2/i4+1D2,6+1,7+1. The summed E-state index contributed by atoms with van der Waals surface area (Å²) in [5, 5.41) is 3.82. The largest absolute Gasteiger partial charge is 0.416 e. The molecule has 1 atom stereocenters. The minimum Gasteiger partial charge on any atom is -0.315 e. The van der Waals surface area contributed by atoms with E-state index in [4.69, 9.17) is 25.9 Å². The molecule has 126 valence electrons. The van der Waals surface area contributed by atoms with E-state index in [1.54, 1.807) is 0 Å². The van der Waals surface area contributed by atoms with Crippen molar-refractivity contribution in [2.24, 2.45) is 0 Å². The van der Waals surface area contributed by atoms with Crippen molar-refractivity contribution in [2.45, 2.75) is 24.9 Å². The third kappa shape index (κ3) is 4.79. The predicted molar refractivity (Wildman–Crippen MR) is 76.1 cm³/mol. The van der Waals surface area contributed by atoms with E-state index in [1.807, 2.05) is 0 Å². The molecule has 0 amide bonds. The van der Waals surface area contributed by atoms with Gasteiger partial charge in [0.25, 0.3) is 0 Å². The zero-order valence-electron chi connectivity index (χ0n) is 13.3. The lowest BCUT2D eigenvalue weighted by molar-refractivity contribution is -0.302. The van der Waals surface area contributed by atoms with Gasteiger partial charge in [-0.05, 0) is 17.7 Å².